The summed E-state index contributed by atoms with van der Waals surface area (Å²) < 4.78 is 29.3. The van der Waals surface area contributed by atoms with Gasteiger partial charge in [0, 0.05) is 6.20 Å². The first kappa shape index (κ1) is 16.5. The predicted octanol–water partition coefficient (Wildman–Crippen LogP) is 2.09. The third-order valence-electron chi connectivity index (χ3n) is 3.27. The Morgan fingerprint density at radius 2 is 1.72 bits per heavy atom. The summed E-state index contributed by atoms with van der Waals surface area (Å²) in [6.07, 6.45) is -1.53. The van der Waals surface area contributed by atoms with Crippen LogP contribution in [0, 0.1) is 0 Å². The van der Waals surface area contributed by atoms with Crippen molar-refractivity contribution in [2.75, 3.05) is 6.61 Å². The van der Waals surface area contributed by atoms with E-state index in [1.807, 2.05) is 0 Å². The Bertz CT molecular complexity index is 821. The van der Waals surface area contributed by atoms with Crippen LogP contribution in [0.25, 0.3) is 0 Å². The number of pyridine rings is 1. The van der Waals surface area contributed by atoms with Crippen LogP contribution < -0.4 is 4.74 Å². The minimum atomic E-state index is -2.76. The van der Waals surface area contributed by atoms with E-state index < -0.39 is 30.8 Å². The number of aromatic nitrogens is 1. The normalized spacial score (nSPS) is 13.2. The molecule has 0 saturated carbocycles. The van der Waals surface area contributed by atoms with Crippen molar-refractivity contribution in [2.24, 2.45) is 0 Å². The first-order valence-electron chi connectivity index (χ1n) is 7.05. The number of ether oxygens (including phenoxy) is 1. The number of hydrogen-bond acceptors (Lipinski definition) is 6. The van der Waals surface area contributed by atoms with Crippen molar-refractivity contribution in [3.8, 4) is 5.88 Å². The number of imide groups is 1. The fourth-order valence-corrected chi connectivity index (χ4v) is 2.19. The lowest BCUT2D eigenvalue weighted by molar-refractivity contribution is -0.0587. The van der Waals surface area contributed by atoms with Gasteiger partial charge in [-0.25, -0.2) is 18.6 Å². The van der Waals surface area contributed by atoms with Gasteiger partial charge < -0.3 is 9.57 Å². The molecule has 0 radical (unpaired) electrons. The molecule has 128 valence electrons. The fourth-order valence-electron chi connectivity index (χ4n) is 2.19. The van der Waals surface area contributed by atoms with E-state index in [0.717, 1.165) is 0 Å². The molecule has 1 aromatic heterocycles. The fraction of sp³-hybridized carbons (Fsp3) is 0.125. The van der Waals surface area contributed by atoms with Crippen LogP contribution in [-0.2, 0) is 4.84 Å². The SMILES string of the molecule is O=C(ON1C(=O)c2ccccc2C1=O)c1cccnc1OCC(F)F. The quantitative estimate of drug-likeness (QED) is 0.769. The number of benzene rings is 1. The van der Waals surface area contributed by atoms with Gasteiger partial charge in [0.25, 0.3) is 18.2 Å². The highest BCUT2D eigenvalue weighted by atomic mass is 19.3. The Kier molecular flexibility index (Phi) is 4.38. The van der Waals surface area contributed by atoms with E-state index in [0.29, 0.717) is 5.06 Å². The van der Waals surface area contributed by atoms with Crippen LogP contribution in [0.5, 0.6) is 5.88 Å². The van der Waals surface area contributed by atoms with Crippen molar-refractivity contribution in [3.63, 3.8) is 0 Å². The lowest BCUT2D eigenvalue weighted by Gasteiger charge is -2.14. The van der Waals surface area contributed by atoms with Gasteiger partial charge in [-0.2, -0.15) is 0 Å². The number of carbonyl (C=O) groups excluding carboxylic acids is 3. The molecule has 0 N–H and O–H groups in total. The van der Waals surface area contributed by atoms with E-state index in [2.05, 4.69) is 4.98 Å². The number of rotatable bonds is 5. The van der Waals surface area contributed by atoms with Gasteiger partial charge in [-0.3, -0.25) is 9.59 Å². The van der Waals surface area contributed by atoms with Gasteiger partial charge in [0.15, 0.2) is 6.61 Å². The molecule has 3 rings (SSSR count). The zero-order valence-electron chi connectivity index (χ0n) is 12.5. The van der Waals surface area contributed by atoms with E-state index >= 15 is 0 Å². The summed E-state index contributed by atoms with van der Waals surface area (Å²) in [6, 6.07) is 8.54. The molecule has 9 heteroatoms. The van der Waals surface area contributed by atoms with Gasteiger partial charge in [-0.15, -0.1) is 0 Å². The molecule has 0 saturated heterocycles. The Labute approximate surface area is 139 Å². The summed E-state index contributed by atoms with van der Waals surface area (Å²) in [4.78, 5) is 45.1. The minimum Gasteiger partial charge on any atom is -0.471 e. The third-order valence-corrected chi connectivity index (χ3v) is 3.27. The van der Waals surface area contributed by atoms with Crippen molar-refractivity contribution < 1.29 is 32.7 Å². The molecule has 2 amide bonds. The molecule has 25 heavy (non-hydrogen) atoms. The Hall–Kier alpha value is -3.36. The summed E-state index contributed by atoms with van der Waals surface area (Å²) >= 11 is 0. The molecule has 2 aromatic rings. The van der Waals surface area contributed by atoms with Crippen molar-refractivity contribution >= 4 is 17.8 Å². The number of alkyl halides is 2. The molecule has 0 bridgehead atoms. The van der Waals surface area contributed by atoms with Crippen LogP contribution in [0.3, 0.4) is 0 Å². The first-order chi connectivity index (χ1) is 12.0. The maximum absolute atomic E-state index is 12.3. The minimum absolute atomic E-state index is 0.0978. The summed E-state index contributed by atoms with van der Waals surface area (Å²) in [7, 11) is 0. The van der Waals surface area contributed by atoms with E-state index in [9.17, 15) is 23.2 Å². The van der Waals surface area contributed by atoms with Gasteiger partial charge in [0.2, 0.25) is 5.88 Å². The first-order valence-corrected chi connectivity index (χ1v) is 7.05. The maximum Gasteiger partial charge on any atom is 0.369 e. The topological polar surface area (TPSA) is 85.8 Å². The van der Waals surface area contributed by atoms with Gasteiger partial charge in [-0.05, 0) is 24.3 Å². The zero-order chi connectivity index (χ0) is 18.0. The van der Waals surface area contributed by atoms with Crippen LogP contribution in [-0.4, -0.2) is 40.9 Å². The Morgan fingerprint density at radius 1 is 1.08 bits per heavy atom. The molecule has 1 aliphatic heterocycles. The van der Waals surface area contributed by atoms with Crippen LogP contribution in [0.4, 0.5) is 8.78 Å². The monoisotopic (exact) mass is 348 g/mol. The standard InChI is InChI=1S/C16H10F2N2O5/c17-12(18)8-24-13-11(6-3-7-19-13)16(23)25-20-14(21)9-4-1-2-5-10(9)15(20)22/h1-7,12H,8H2. The number of carbonyl (C=O) groups is 3. The molecular weight excluding hydrogens is 338 g/mol. The number of halogens is 2. The molecule has 0 aliphatic carbocycles. The molecule has 0 atom stereocenters. The van der Waals surface area contributed by atoms with Crippen molar-refractivity contribution in [2.45, 2.75) is 6.43 Å². The second-order valence-electron chi connectivity index (χ2n) is 4.89. The number of nitrogens with zero attached hydrogens (tertiary/aromatic N) is 2. The Balaban J connectivity index is 1.80. The van der Waals surface area contributed by atoms with Gasteiger partial charge in [0.05, 0.1) is 11.1 Å². The predicted molar refractivity (Wildman–Crippen MR) is 78.1 cm³/mol. The molecule has 0 unspecified atom stereocenters. The number of hydroxylamine groups is 2. The van der Waals surface area contributed by atoms with Crippen LogP contribution in [0.1, 0.15) is 31.1 Å². The average Bonchev–Trinajstić information content (AvgIpc) is 2.85. The molecule has 0 fully saturated rings. The second-order valence-corrected chi connectivity index (χ2v) is 4.89. The highest BCUT2D eigenvalue weighted by Gasteiger charge is 2.39. The zero-order valence-corrected chi connectivity index (χ0v) is 12.5. The van der Waals surface area contributed by atoms with Crippen LogP contribution >= 0.6 is 0 Å². The van der Waals surface area contributed by atoms with Crippen molar-refractivity contribution in [1.29, 1.82) is 0 Å². The lowest BCUT2D eigenvalue weighted by Crippen LogP contribution is -2.33. The smallest absolute Gasteiger partial charge is 0.369 e. The summed E-state index contributed by atoms with van der Waals surface area (Å²) in [5.41, 5.74) is -0.0963. The average molecular weight is 348 g/mol. The highest BCUT2D eigenvalue weighted by Crippen LogP contribution is 2.24. The van der Waals surface area contributed by atoms with Crippen LogP contribution in [0.2, 0.25) is 0 Å². The Morgan fingerprint density at radius 3 is 2.32 bits per heavy atom. The maximum atomic E-state index is 12.3. The number of amides is 2. The van der Waals surface area contributed by atoms with Gasteiger partial charge in [0.1, 0.15) is 5.56 Å². The van der Waals surface area contributed by atoms with E-state index in [-0.39, 0.29) is 22.6 Å². The third kappa shape index (κ3) is 3.16. The van der Waals surface area contributed by atoms with Crippen molar-refractivity contribution in [1.82, 2.24) is 10.0 Å². The number of fused-ring (bicyclic) bond motifs is 1. The second kappa shape index (κ2) is 6.63. The summed E-state index contributed by atoms with van der Waals surface area (Å²) in [5.74, 6) is -3.11. The largest absolute Gasteiger partial charge is 0.471 e. The molecule has 1 aromatic carbocycles. The van der Waals surface area contributed by atoms with Gasteiger partial charge in [-0.1, -0.05) is 17.2 Å². The van der Waals surface area contributed by atoms with E-state index in [1.54, 1.807) is 12.1 Å². The van der Waals surface area contributed by atoms with Crippen molar-refractivity contribution in [3.05, 3.63) is 59.3 Å². The molecule has 0 spiro atoms. The van der Waals surface area contributed by atoms with E-state index in [4.69, 9.17) is 9.57 Å². The highest BCUT2D eigenvalue weighted by molar-refractivity contribution is 6.21. The van der Waals surface area contributed by atoms with Gasteiger partial charge >= 0.3 is 5.97 Å². The number of hydrogen-bond donors (Lipinski definition) is 0. The lowest BCUT2D eigenvalue weighted by atomic mass is 10.1. The molecular formula is C16H10F2N2O5. The summed E-state index contributed by atoms with van der Waals surface area (Å²) in [5, 5.41) is 0.316. The molecule has 2 heterocycles. The molecule has 7 nitrogen and oxygen atoms in total. The summed E-state index contributed by atoms with van der Waals surface area (Å²) in [6.45, 7) is -0.968. The van der Waals surface area contributed by atoms with E-state index in [1.165, 1.54) is 30.5 Å². The molecule has 1 aliphatic rings. The van der Waals surface area contributed by atoms with Crippen LogP contribution in [0.15, 0.2) is 42.6 Å².